The van der Waals surface area contributed by atoms with Crippen LogP contribution in [-0.4, -0.2) is 10.2 Å². The molecule has 1 aromatic carbocycles. The summed E-state index contributed by atoms with van der Waals surface area (Å²) in [7, 11) is 0. The van der Waals surface area contributed by atoms with Crippen LogP contribution in [0, 0.1) is 0 Å². The van der Waals surface area contributed by atoms with E-state index in [2.05, 4.69) is 0 Å². The Balaban J connectivity index is 2.89. The second-order valence-corrected chi connectivity index (χ2v) is 2.64. The van der Waals surface area contributed by atoms with Gasteiger partial charge in [0, 0.05) is 11.5 Å². The number of phenolic OH excluding ortho intramolecular Hbond substituents is 1. The van der Waals surface area contributed by atoms with E-state index in [-0.39, 0.29) is 11.3 Å². The first-order valence-electron chi connectivity index (χ1n) is 3.62. The van der Waals surface area contributed by atoms with Crippen molar-refractivity contribution in [2.75, 3.05) is 0 Å². The Hall–Kier alpha value is -1.97. The molecule has 0 atom stereocenters. The molecular formula is C9H6O4. The van der Waals surface area contributed by atoms with Gasteiger partial charge in [-0.3, -0.25) is 0 Å². The van der Waals surface area contributed by atoms with Gasteiger partial charge in [-0.2, -0.15) is 0 Å². The molecule has 66 valence electrons. The Bertz CT molecular complexity index is 512. The number of fused-ring (bicyclic) bond motifs is 1. The Morgan fingerprint density at radius 2 is 1.92 bits per heavy atom. The Kier molecular flexibility index (Phi) is 1.48. The van der Waals surface area contributed by atoms with Crippen molar-refractivity contribution >= 4 is 11.0 Å². The van der Waals surface area contributed by atoms with Crippen molar-refractivity contribution in [3.8, 4) is 11.5 Å². The number of aromatic hydroxyl groups is 2. The molecule has 1 heterocycles. The van der Waals surface area contributed by atoms with E-state index in [4.69, 9.17) is 14.6 Å². The molecule has 2 aromatic rings. The molecule has 0 unspecified atom stereocenters. The van der Waals surface area contributed by atoms with E-state index in [1.807, 2.05) is 0 Å². The van der Waals surface area contributed by atoms with Gasteiger partial charge in [0.1, 0.15) is 11.3 Å². The van der Waals surface area contributed by atoms with Crippen LogP contribution in [0.25, 0.3) is 11.0 Å². The van der Waals surface area contributed by atoms with Gasteiger partial charge in [0.25, 0.3) is 0 Å². The molecule has 0 amide bonds. The Morgan fingerprint density at radius 1 is 1.15 bits per heavy atom. The van der Waals surface area contributed by atoms with Crippen LogP contribution >= 0.6 is 0 Å². The van der Waals surface area contributed by atoms with Crippen molar-refractivity contribution in [1.29, 1.82) is 0 Å². The van der Waals surface area contributed by atoms with Gasteiger partial charge < -0.3 is 14.6 Å². The summed E-state index contributed by atoms with van der Waals surface area (Å²) in [5, 5.41) is 18.6. The van der Waals surface area contributed by atoms with Gasteiger partial charge >= 0.3 is 5.63 Å². The summed E-state index contributed by atoms with van der Waals surface area (Å²) in [6, 6.07) is 5.60. The van der Waals surface area contributed by atoms with E-state index in [1.165, 1.54) is 18.2 Å². The number of benzene rings is 1. The first-order valence-corrected chi connectivity index (χ1v) is 3.62. The smallest absolute Gasteiger partial charge is 0.378 e. The molecule has 0 fully saturated rings. The molecule has 2 N–H and O–H groups in total. The van der Waals surface area contributed by atoms with Crippen molar-refractivity contribution in [3.05, 3.63) is 34.7 Å². The zero-order chi connectivity index (χ0) is 9.42. The number of phenols is 1. The summed E-state index contributed by atoms with van der Waals surface area (Å²) in [6.07, 6.45) is 0. The predicted octanol–water partition coefficient (Wildman–Crippen LogP) is 1.20. The SMILES string of the molecule is O=c1oc2cc(O)ccc2cc1O. The van der Waals surface area contributed by atoms with Crippen molar-refractivity contribution in [3.63, 3.8) is 0 Å². The van der Waals surface area contributed by atoms with Gasteiger partial charge in [-0.25, -0.2) is 4.79 Å². The lowest BCUT2D eigenvalue weighted by atomic mass is 10.2. The topological polar surface area (TPSA) is 70.7 Å². The van der Waals surface area contributed by atoms with Crippen molar-refractivity contribution in [2.45, 2.75) is 0 Å². The minimum atomic E-state index is -0.807. The van der Waals surface area contributed by atoms with Gasteiger partial charge in [-0.05, 0) is 18.2 Å². The standard InChI is InChI=1S/C9H6O4/c10-6-2-1-5-3-7(11)9(12)13-8(5)4-6/h1-4,10-11H. The molecule has 0 bridgehead atoms. The molecule has 1 aromatic heterocycles. The van der Waals surface area contributed by atoms with Gasteiger partial charge in [0.2, 0.25) is 5.75 Å². The summed E-state index contributed by atoms with van der Waals surface area (Å²) in [5.41, 5.74) is -0.555. The van der Waals surface area contributed by atoms with Gasteiger partial charge in [-0.1, -0.05) is 0 Å². The monoisotopic (exact) mass is 178 g/mol. The van der Waals surface area contributed by atoms with Crippen molar-refractivity contribution < 1.29 is 14.6 Å². The average molecular weight is 178 g/mol. The van der Waals surface area contributed by atoms with E-state index in [0.29, 0.717) is 5.39 Å². The molecule has 0 spiro atoms. The molecule has 4 heteroatoms. The highest BCUT2D eigenvalue weighted by atomic mass is 16.4. The Morgan fingerprint density at radius 3 is 2.69 bits per heavy atom. The van der Waals surface area contributed by atoms with Crippen LogP contribution in [0.15, 0.2) is 33.5 Å². The fraction of sp³-hybridized carbons (Fsp3) is 0. The van der Waals surface area contributed by atoms with Crippen molar-refractivity contribution in [1.82, 2.24) is 0 Å². The van der Waals surface area contributed by atoms with Crippen LogP contribution in [0.2, 0.25) is 0 Å². The van der Waals surface area contributed by atoms with E-state index in [0.717, 1.165) is 0 Å². The fourth-order valence-corrected chi connectivity index (χ4v) is 1.09. The fourth-order valence-electron chi connectivity index (χ4n) is 1.09. The minimum absolute atomic E-state index is 0.0151. The highest BCUT2D eigenvalue weighted by Gasteiger charge is 2.03. The van der Waals surface area contributed by atoms with Crippen molar-refractivity contribution in [2.24, 2.45) is 0 Å². The molecular weight excluding hydrogens is 172 g/mol. The lowest BCUT2D eigenvalue weighted by molar-refractivity contribution is 0.426. The lowest BCUT2D eigenvalue weighted by Crippen LogP contribution is -1.96. The molecule has 0 aliphatic carbocycles. The number of hydrogen-bond acceptors (Lipinski definition) is 4. The van der Waals surface area contributed by atoms with E-state index >= 15 is 0 Å². The predicted molar refractivity (Wildman–Crippen MR) is 45.8 cm³/mol. The third-order valence-electron chi connectivity index (χ3n) is 1.70. The summed E-state index contributed by atoms with van der Waals surface area (Å²) in [6.45, 7) is 0. The summed E-state index contributed by atoms with van der Waals surface area (Å²) in [4.78, 5) is 10.8. The molecule has 0 saturated heterocycles. The van der Waals surface area contributed by atoms with Gasteiger partial charge in [-0.15, -0.1) is 0 Å². The maximum atomic E-state index is 10.8. The van der Waals surface area contributed by atoms with Crippen LogP contribution < -0.4 is 5.63 Å². The maximum absolute atomic E-state index is 10.8. The molecule has 13 heavy (non-hydrogen) atoms. The zero-order valence-electron chi connectivity index (χ0n) is 6.52. The molecule has 0 radical (unpaired) electrons. The first kappa shape index (κ1) is 7.67. The number of hydrogen-bond donors (Lipinski definition) is 2. The van der Waals surface area contributed by atoms with E-state index in [1.54, 1.807) is 6.07 Å². The summed E-state index contributed by atoms with van der Waals surface area (Å²) in [5.74, 6) is -0.417. The van der Waals surface area contributed by atoms with E-state index < -0.39 is 11.4 Å². The first-order chi connectivity index (χ1) is 6.16. The van der Waals surface area contributed by atoms with Crippen LogP contribution in [0.3, 0.4) is 0 Å². The largest absolute Gasteiger partial charge is 0.508 e. The van der Waals surface area contributed by atoms with Gasteiger partial charge in [0.05, 0.1) is 0 Å². The Labute approximate surface area is 72.7 Å². The highest BCUT2D eigenvalue weighted by Crippen LogP contribution is 2.20. The molecule has 0 aliphatic rings. The second kappa shape index (κ2) is 2.52. The second-order valence-electron chi connectivity index (χ2n) is 2.64. The summed E-state index contributed by atoms with van der Waals surface area (Å²) < 4.78 is 4.71. The summed E-state index contributed by atoms with van der Waals surface area (Å²) >= 11 is 0. The molecule has 4 nitrogen and oxygen atoms in total. The molecule has 0 aliphatic heterocycles. The van der Waals surface area contributed by atoms with Crippen LogP contribution in [0.1, 0.15) is 0 Å². The quantitative estimate of drug-likeness (QED) is 0.594. The third kappa shape index (κ3) is 1.22. The van der Waals surface area contributed by atoms with Crippen LogP contribution in [0.5, 0.6) is 11.5 Å². The lowest BCUT2D eigenvalue weighted by Gasteiger charge is -1.97. The third-order valence-corrected chi connectivity index (χ3v) is 1.70. The molecule has 0 saturated carbocycles. The van der Waals surface area contributed by atoms with Gasteiger partial charge in [0.15, 0.2) is 0 Å². The highest BCUT2D eigenvalue weighted by molar-refractivity contribution is 5.78. The average Bonchev–Trinajstić information content (AvgIpc) is 2.08. The zero-order valence-corrected chi connectivity index (χ0v) is 6.52. The minimum Gasteiger partial charge on any atom is -0.508 e. The normalized spacial score (nSPS) is 10.5. The maximum Gasteiger partial charge on any atom is 0.378 e. The van der Waals surface area contributed by atoms with Crippen LogP contribution in [-0.2, 0) is 0 Å². The number of rotatable bonds is 0. The molecule has 2 rings (SSSR count). The van der Waals surface area contributed by atoms with E-state index in [9.17, 15) is 4.79 Å². The van der Waals surface area contributed by atoms with Crippen LogP contribution in [0.4, 0.5) is 0 Å².